The first-order valence-corrected chi connectivity index (χ1v) is 9.97. The topological polar surface area (TPSA) is 15.5 Å². The highest BCUT2D eigenvalue weighted by atomic mass is 19.4. The van der Waals surface area contributed by atoms with E-state index in [0.29, 0.717) is 19.1 Å². The third-order valence-electron chi connectivity index (χ3n) is 5.64. The Kier molecular flexibility index (Phi) is 5.89. The van der Waals surface area contributed by atoms with Crippen LogP contribution >= 0.6 is 0 Å². The van der Waals surface area contributed by atoms with Gasteiger partial charge in [-0.25, -0.2) is 0 Å². The van der Waals surface area contributed by atoms with Crippen LogP contribution in [0.4, 0.5) is 18.9 Å². The van der Waals surface area contributed by atoms with E-state index in [4.69, 9.17) is 4.74 Å². The van der Waals surface area contributed by atoms with E-state index in [2.05, 4.69) is 35.6 Å². The fourth-order valence-corrected chi connectivity index (χ4v) is 3.88. The van der Waals surface area contributed by atoms with Crippen LogP contribution in [0.1, 0.15) is 45.2 Å². The molecule has 0 bridgehead atoms. The zero-order chi connectivity index (χ0) is 20.5. The minimum absolute atomic E-state index is 0.490. The lowest BCUT2D eigenvalue weighted by molar-refractivity contribution is -0.439. The molecule has 0 saturated carbocycles. The molecule has 6 heteroatoms. The normalized spacial score (nSPS) is 19.8. The van der Waals surface area contributed by atoms with Crippen molar-refractivity contribution < 1.29 is 22.5 Å². The summed E-state index contributed by atoms with van der Waals surface area (Å²) < 4.78 is 47.5. The van der Waals surface area contributed by atoms with E-state index in [9.17, 15) is 13.2 Å². The zero-order valence-corrected chi connectivity index (χ0v) is 17.1. The Labute approximate surface area is 165 Å². The third-order valence-corrected chi connectivity index (χ3v) is 5.64. The standard InChI is InChI=1S/C22H30F3N2O/c1-16(2)7-10-27-19-6-5-17(22(23,24)25)15-18(19)21(3,4)20(27)8-9-26-11-13-28-14-12-26/h5-6,8-9,15-16H,7,10-14H2,1-4H3/q+1. The number of morpholine rings is 1. The number of ether oxygens (including phenoxy) is 1. The molecule has 0 aliphatic carbocycles. The maximum atomic E-state index is 13.3. The highest BCUT2D eigenvalue weighted by molar-refractivity contribution is 6.03. The van der Waals surface area contributed by atoms with Crippen molar-refractivity contribution in [2.24, 2.45) is 5.92 Å². The van der Waals surface area contributed by atoms with Crippen molar-refractivity contribution in [2.75, 3.05) is 32.8 Å². The number of rotatable bonds is 5. The molecular weight excluding hydrogens is 365 g/mol. The van der Waals surface area contributed by atoms with Crippen molar-refractivity contribution in [3.63, 3.8) is 0 Å². The number of nitrogens with zero attached hydrogens (tertiary/aromatic N) is 2. The van der Waals surface area contributed by atoms with E-state index in [1.54, 1.807) is 6.07 Å². The molecule has 0 aromatic heterocycles. The number of alkyl halides is 3. The molecule has 1 aromatic rings. The summed E-state index contributed by atoms with van der Waals surface area (Å²) in [6, 6.07) is 4.16. The molecule has 1 aromatic carbocycles. The first kappa shape index (κ1) is 20.9. The summed E-state index contributed by atoms with van der Waals surface area (Å²) >= 11 is 0. The van der Waals surface area contributed by atoms with Crippen molar-refractivity contribution in [3.8, 4) is 0 Å². The van der Waals surface area contributed by atoms with Gasteiger partial charge in [0.05, 0.1) is 24.2 Å². The lowest BCUT2D eigenvalue weighted by Gasteiger charge is -2.25. The van der Waals surface area contributed by atoms with Crippen LogP contribution in [0.2, 0.25) is 0 Å². The predicted octanol–water partition coefficient (Wildman–Crippen LogP) is 4.97. The van der Waals surface area contributed by atoms with E-state index >= 15 is 0 Å². The quantitative estimate of drug-likeness (QED) is 0.654. The minimum Gasteiger partial charge on any atom is -0.378 e. The molecule has 0 unspecified atom stereocenters. The maximum absolute atomic E-state index is 13.3. The van der Waals surface area contributed by atoms with Crippen molar-refractivity contribution in [1.82, 2.24) is 4.90 Å². The van der Waals surface area contributed by atoms with Gasteiger partial charge in [0, 0.05) is 43.4 Å². The van der Waals surface area contributed by atoms with Gasteiger partial charge in [-0.3, -0.25) is 0 Å². The van der Waals surface area contributed by atoms with Gasteiger partial charge in [0.15, 0.2) is 5.71 Å². The monoisotopic (exact) mass is 395 g/mol. The number of hydrogen-bond donors (Lipinski definition) is 0. The molecule has 2 heterocycles. The van der Waals surface area contributed by atoms with Gasteiger partial charge in [0.2, 0.25) is 5.69 Å². The van der Waals surface area contributed by atoms with Crippen molar-refractivity contribution in [2.45, 2.75) is 45.7 Å². The first-order valence-electron chi connectivity index (χ1n) is 9.97. The average molecular weight is 395 g/mol. The number of fused-ring (bicyclic) bond motifs is 1. The summed E-state index contributed by atoms with van der Waals surface area (Å²) in [5, 5.41) is 0. The molecule has 28 heavy (non-hydrogen) atoms. The molecule has 0 N–H and O–H groups in total. The molecular formula is C22H30F3N2O+. The van der Waals surface area contributed by atoms with Crippen LogP contribution in [0.25, 0.3) is 0 Å². The summed E-state index contributed by atoms with van der Waals surface area (Å²) in [4.78, 5) is 2.21. The molecule has 1 fully saturated rings. The molecule has 0 amide bonds. The second kappa shape index (κ2) is 7.90. The van der Waals surface area contributed by atoms with Crippen molar-refractivity contribution >= 4 is 11.4 Å². The van der Waals surface area contributed by atoms with Crippen molar-refractivity contribution in [3.05, 3.63) is 41.6 Å². The van der Waals surface area contributed by atoms with Gasteiger partial charge in [-0.05, 0) is 31.9 Å². The molecule has 2 aliphatic heterocycles. The van der Waals surface area contributed by atoms with Crippen molar-refractivity contribution in [1.29, 1.82) is 0 Å². The fourth-order valence-electron chi connectivity index (χ4n) is 3.88. The van der Waals surface area contributed by atoms with Crippen LogP contribution in [-0.4, -0.2) is 48.0 Å². The Bertz CT molecular complexity index is 772. The predicted molar refractivity (Wildman–Crippen MR) is 105 cm³/mol. The molecule has 1 saturated heterocycles. The molecule has 0 spiro atoms. The van der Waals surface area contributed by atoms with Gasteiger partial charge in [-0.15, -0.1) is 0 Å². The Morgan fingerprint density at radius 1 is 1.21 bits per heavy atom. The highest BCUT2D eigenvalue weighted by Gasteiger charge is 2.46. The number of allylic oxidation sites excluding steroid dienone is 1. The van der Waals surface area contributed by atoms with Crippen LogP contribution in [0.3, 0.4) is 0 Å². The highest BCUT2D eigenvalue weighted by Crippen LogP contribution is 2.43. The zero-order valence-electron chi connectivity index (χ0n) is 17.1. The number of benzene rings is 1. The fraction of sp³-hybridized carbons (Fsp3) is 0.591. The maximum Gasteiger partial charge on any atom is 0.416 e. The van der Waals surface area contributed by atoms with E-state index in [1.807, 2.05) is 13.8 Å². The van der Waals surface area contributed by atoms with Gasteiger partial charge in [0.25, 0.3) is 0 Å². The van der Waals surface area contributed by atoms with Gasteiger partial charge < -0.3 is 9.64 Å². The Hall–Kier alpha value is -1.82. The van der Waals surface area contributed by atoms with Gasteiger partial charge >= 0.3 is 6.18 Å². The van der Waals surface area contributed by atoms with E-state index in [1.165, 1.54) is 12.1 Å². The molecule has 2 aliphatic rings. The molecule has 0 atom stereocenters. The summed E-state index contributed by atoms with van der Waals surface area (Å²) in [6.45, 7) is 12.2. The second-order valence-electron chi connectivity index (χ2n) is 8.54. The Morgan fingerprint density at radius 2 is 1.89 bits per heavy atom. The van der Waals surface area contributed by atoms with E-state index in [-0.39, 0.29) is 0 Å². The molecule has 154 valence electrons. The van der Waals surface area contributed by atoms with E-state index < -0.39 is 17.2 Å². The Balaban J connectivity index is 2.01. The lowest BCUT2D eigenvalue weighted by atomic mass is 9.81. The van der Waals surface area contributed by atoms with Crippen LogP contribution in [0.15, 0.2) is 30.5 Å². The summed E-state index contributed by atoms with van der Waals surface area (Å²) in [7, 11) is 0. The SMILES string of the molecule is CC(C)CC[N+]1=C(/C=C/N2CCOCC2)C(C)(C)c2cc(C(F)(F)F)ccc21. The Morgan fingerprint density at radius 3 is 2.50 bits per heavy atom. The smallest absolute Gasteiger partial charge is 0.378 e. The van der Waals surface area contributed by atoms with Gasteiger partial charge in [0.1, 0.15) is 6.54 Å². The van der Waals surface area contributed by atoms with Gasteiger partial charge in [-0.2, -0.15) is 17.7 Å². The van der Waals surface area contributed by atoms with E-state index in [0.717, 1.165) is 43.0 Å². The van der Waals surface area contributed by atoms with Gasteiger partial charge in [-0.1, -0.05) is 13.8 Å². The summed E-state index contributed by atoms with van der Waals surface area (Å²) in [6.07, 6.45) is 0.795. The number of hydrogen-bond acceptors (Lipinski definition) is 2. The van der Waals surface area contributed by atoms with Crippen LogP contribution in [-0.2, 0) is 16.3 Å². The van der Waals surface area contributed by atoms with Crippen LogP contribution < -0.4 is 0 Å². The minimum atomic E-state index is -4.33. The van der Waals surface area contributed by atoms with Crippen LogP contribution in [0, 0.1) is 5.92 Å². The first-order chi connectivity index (χ1) is 13.1. The average Bonchev–Trinajstić information content (AvgIpc) is 2.84. The molecule has 3 rings (SSSR count). The molecule has 3 nitrogen and oxygen atoms in total. The summed E-state index contributed by atoms with van der Waals surface area (Å²) in [5.41, 5.74) is 1.61. The van der Waals surface area contributed by atoms with Crippen LogP contribution in [0.5, 0.6) is 0 Å². The lowest BCUT2D eigenvalue weighted by Crippen LogP contribution is -2.33. The largest absolute Gasteiger partial charge is 0.416 e. The molecule has 0 radical (unpaired) electrons. The number of halogens is 3. The second-order valence-corrected chi connectivity index (χ2v) is 8.54. The third kappa shape index (κ3) is 4.27. The summed E-state index contributed by atoms with van der Waals surface area (Å²) in [5.74, 6) is 0.520.